The van der Waals surface area contributed by atoms with Crippen molar-refractivity contribution in [1.29, 1.82) is 0 Å². The van der Waals surface area contributed by atoms with Crippen LogP contribution in [0.5, 0.6) is 0 Å². The Hall–Kier alpha value is 0.200. The molecule has 16 heavy (non-hydrogen) atoms. The Labute approximate surface area is 117 Å². The van der Waals surface area contributed by atoms with Gasteiger partial charge in [-0.2, -0.15) is 0 Å². The van der Waals surface area contributed by atoms with Crippen LogP contribution >= 0.6 is 43.6 Å². The van der Waals surface area contributed by atoms with Crippen LogP contribution in [0.2, 0.25) is 0 Å². The van der Waals surface area contributed by atoms with E-state index < -0.39 is 0 Å². The molecule has 1 aliphatic heterocycles. The number of rotatable bonds is 2. The minimum absolute atomic E-state index is 0.222. The minimum Gasteiger partial charge on any atom is -0.293 e. The van der Waals surface area contributed by atoms with Crippen LogP contribution in [-0.2, 0) is 0 Å². The van der Waals surface area contributed by atoms with Crippen molar-refractivity contribution in [1.82, 2.24) is 0 Å². The highest BCUT2D eigenvalue weighted by molar-refractivity contribution is 9.11. The maximum absolute atomic E-state index is 12.4. The van der Waals surface area contributed by atoms with Gasteiger partial charge >= 0.3 is 0 Å². The summed E-state index contributed by atoms with van der Waals surface area (Å²) in [4.78, 5) is 12.4. The van der Waals surface area contributed by atoms with Crippen LogP contribution in [-0.4, -0.2) is 16.3 Å². The highest BCUT2D eigenvalue weighted by atomic mass is 79.9. The number of carbonyl (C=O) groups excluding carboxylic acids is 1. The molecule has 1 heterocycles. The second-order valence-corrected chi connectivity index (χ2v) is 7.60. The van der Waals surface area contributed by atoms with Gasteiger partial charge in [-0.15, -0.1) is 11.8 Å². The van der Waals surface area contributed by atoms with E-state index in [1.165, 1.54) is 0 Å². The number of carbonyl (C=O) groups is 1. The van der Waals surface area contributed by atoms with Crippen molar-refractivity contribution in [2.45, 2.75) is 24.5 Å². The van der Waals surface area contributed by atoms with E-state index in [1.807, 2.05) is 18.2 Å². The Morgan fingerprint density at radius 2 is 1.94 bits per heavy atom. The quantitative estimate of drug-likeness (QED) is 0.709. The van der Waals surface area contributed by atoms with Crippen molar-refractivity contribution < 1.29 is 4.79 Å². The molecule has 1 aromatic rings. The summed E-state index contributed by atoms with van der Waals surface area (Å²) in [6, 6.07) is 5.75. The molecule has 1 unspecified atom stereocenters. The van der Waals surface area contributed by atoms with Crippen molar-refractivity contribution in [3.05, 3.63) is 32.7 Å². The third kappa shape index (κ3) is 2.54. The van der Waals surface area contributed by atoms with Gasteiger partial charge in [0, 0.05) is 14.5 Å². The van der Waals surface area contributed by atoms with E-state index in [-0.39, 0.29) is 10.5 Å². The fourth-order valence-electron chi connectivity index (χ4n) is 1.95. The zero-order chi connectivity index (χ0) is 11.8. The molecule has 1 aromatic carbocycles. The van der Waals surface area contributed by atoms with E-state index in [0.717, 1.165) is 33.1 Å². The van der Waals surface area contributed by atoms with E-state index in [2.05, 4.69) is 38.8 Å². The molecule has 1 aliphatic rings. The number of thioether (sulfide) groups is 1. The number of hydrogen-bond donors (Lipinski definition) is 0. The highest BCUT2D eigenvalue weighted by Gasteiger charge is 2.37. The smallest absolute Gasteiger partial charge is 0.178 e. The summed E-state index contributed by atoms with van der Waals surface area (Å²) in [6.07, 6.45) is 2.13. The fraction of sp³-hybridized carbons (Fsp3) is 0.417. The first kappa shape index (κ1) is 12.7. The van der Waals surface area contributed by atoms with Crippen LogP contribution in [0.1, 0.15) is 30.1 Å². The Kier molecular flexibility index (Phi) is 3.82. The fourth-order valence-corrected chi connectivity index (χ4v) is 4.52. The number of ketones is 1. The van der Waals surface area contributed by atoms with Gasteiger partial charge in [0.2, 0.25) is 0 Å². The van der Waals surface area contributed by atoms with Crippen molar-refractivity contribution in [2.75, 3.05) is 5.75 Å². The number of hydrogen-bond acceptors (Lipinski definition) is 2. The molecule has 1 atom stereocenters. The van der Waals surface area contributed by atoms with Crippen LogP contribution in [0.25, 0.3) is 0 Å². The number of Topliss-reactive ketones (excluding diaryl/α,β-unsaturated/α-hetero) is 1. The molecule has 0 amide bonds. The van der Waals surface area contributed by atoms with Gasteiger partial charge in [-0.05, 0) is 43.7 Å². The molecule has 86 valence electrons. The van der Waals surface area contributed by atoms with Crippen molar-refractivity contribution >= 4 is 49.4 Å². The predicted molar refractivity (Wildman–Crippen MR) is 76.3 cm³/mol. The van der Waals surface area contributed by atoms with Gasteiger partial charge in [-0.25, -0.2) is 0 Å². The number of benzene rings is 1. The molecule has 1 saturated heterocycles. The summed E-state index contributed by atoms with van der Waals surface area (Å²) in [7, 11) is 0. The van der Waals surface area contributed by atoms with Crippen LogP contribution in [0.4, 0.5) is 0 Å². The molecular formula is C12H12Br2OS. The van der Waals surface area contributed by atoms with Gasteiger partial charge in [0.25, 0.3) is 0 Å². The Balaban J connectivity index is 2.33. The molecule has 1 nitrogen and oxygen atoms in total. The third-order valence-electron chi connectivity index (χ3n) is 2.82. The summed E-state index contributed by atoms with van der Waals surface area (Å²) in [5.74, 6) is 1.34. The highest BCUT2D eigenvalue weighted by Crippen LogP contribution is 2.40. The lowest BCUT2D eigenvalue weighted by molar-refractivity contribution is 0.0949. The molecule has 0 aromatic heterocycles. The average Bonchev–Trinajstić information content (AvgIpc) is 2.64. The standard InChI is InChI=1S/C12H12Br2OS/c1-12(3-2-4-16-12)11(15)8-5-9(13)7-10(14)6-8/h5-7H,2-4H2,1H3. The lowest BCUT2D eigenvalue weighted by Gasteiger charge is -2.21. The van der Waals surface area contributed by atoms with E-state index in [4.69, 9.17) is 0 Å². The summed E-state index contributed by atoms with van der Waals surface area (Å²) < 4.78 is 1.66. The van der Waals surface area contributed by atoms with E-state index in [1.54, 1.807) is 11.8 Å². The molecule has 2 rings (SSSR count). The molecule has 1 fully saturated rings. The maximum atomic E-state index is 12.4. The van der Waals surface area contributed by atoms with Crippen molar-refractivity contribution in [3.8, 4) is 0 Å². The Bertz CT molecular complexity index is 405. The van der Waals surface area contributed by atoms with E-state index in [9.17, 15) is 4.79 Å². The van der Waals surface area contributed by atoms with Crippen molar-refractivity contribution in [2.24, 2.45) is 0 Å². The van der Waals surface area contributed by atoms with Gasteiger partial charge in [-0.1, -0.05) is 31.9 Å². The molecule has 4 heteroatoms. The largest absolute Gasteiger partial charge is 0.293 e. The molecule has 0 bridgehead atoms. The van der Waals surface area contributed by atoms with Gasteiger partial charge in [0.15, 0.2) is 5.78 Å². The lowest BCUT2D eigenvalue weighted by atomic mass is 9.95. The van der Waals surface area contributed by atoms with E-state index >= 15 is 0 Å². The van der Waals surface area contributed by atoms with E-state index in [0.29, 0.717) is 0 Å². The van der Waals surface area contributed by atoms with Gasteiger partial charge < -0.3 is 0 Å². The third-order valence-corrected chi connectivity index (χ3v) is 5.26. The zero-order valence-corrected chi connectivity index (χ0v) is 12.9. The summed E-state index contributed by atoms with van der Waals surface area (Å²) in [5, 5.41) is 0. The Morgan fingerprint density at radius 3 is 2.44 bits per heavy atom. The van der Waals surface area contributed by atoms with Gasteiger partial charge in [-0.3, -0.25) is 4.79 Å². The summed E-state index contributed by atoms with van der Waals surface area (Å²) in [5.41, 5.74) is 0.790. The minimum atomic E-state index is -0.222. The SMILES string of the molecule is CC1(C(=O)c2cc(Br)cc(Br)c2)CCCS1. The monoisotopic (exact) mass is 362 g/mol. The number of halogens is 2. The first-order valence-electron chi connectivity index (χ1n) is 5.16. The maximum Gasteiger partial charge on any atom is 0.178 e. The lowest BCUT2D eigenvalue weighted by Crippen LogP contribution is -2.28. The second kappa shape index (κ2) is 4.83. The topological polar surface area (TPSA) is 17.1 Å². The van der Waals surface area contributed by atoms with Crippen LogP contribution in [0, 0.1) is 0 Å². The van der Waals surface area contributed by atoms with Crippen molar-refractivity contribution in [3.63, 3.8) is 0 Å². The Morgan fingerprint density at radius 1 is 1.31 bits per heavy atom. The molecule has 0 spiro atoms. The molecular weight excluding hydrogens is 352 g/mol. The second-order valence-electron chi connectivity index (χ2n) is 4.17. The first-order valence-corrected chi connectivity index (χ1v) is 7.73. The van der Waals surface area contributed by atoms with Crippen LogP contribution < -0.4 is 0 Å². The van der Waals surface area contributed by atoms with Crippen LogP contribution in [0.3, 0.4) is 0 Å². The predicted octanol–water partition coefficient (Wildman–Crippen LogP) is 4.68. The molecule has 0 saturated carbocycles. The van der Waals surface area contributed by atoms with Crippen LogP contribution in [0.15, 0.2) is 27.1 Å². The zero-order valence-electron chi connectivity index (χ0n) is 8.93. The molecule has 0 aliphatic carbocycles. The summed E-state index contributed by atoms with van der Waals surface area (Å²) >= 11 is 8.62. The average molecular weight is 364 g/mol. The normalized spacial score (nSPS) is 24.7. The molecule has 0 radical (unpaired) electrons. The molecule has 0 N–H and O–H groups in total. The van der Waals surface area contributed by atoms with Gasteiger partial charge in [0.1, 0.15) is 0 Å². The first-order chi connectivity index (χ1) is 7.51. The summed E-state index contributed by atoms with van der Waals surface area (Å²) in [6.45, 7) is 2.06. The van der Waals surface area contributed by atoms with Gasteiger partial charge in [0.05, 0.1) is 4.75 Å².